The second-order valence-corrected chi connectivity index (χ2v) is 6.31. The van der Waals surface area contributed by atoms with Crippen molar-refractivity contribution in [3.05, 3.63) is 17.5 Å². The third kappa shape index (κ3) is 7.66. The first kappa shape index (κ1) is 18.2. The van der Waals surface area contributed by atoms with E-state index in [0.717, 1.165) is 18.7 Å². The van der Waals surface area contributed by atoms with Crippen molar-refractivity contribution in [2.45, 2.75) is 84.6 Å². The van der Waals surface area contributed by atoms with E-state index in [0.29, 0.717) is 6.04 Å². The van der Waals surface area contributed by atoms with Gasteiger partial charge in [0, 0.05) is 25.2 Å². The highest BCUT2D eigenvalue weighted by atomic mass is 15.3. The van der Waals surface area contributed by atoms with Crippen LogP contribution in [0.2, 0.25) is 0 Å². The molecule has 3 heteroatoms. The molecular formula is C18H35N3. The average Bonchev–Trinajstić information content (AvgIpc) is 2.77. The second kappa shape index (κ2) is 10.8. The van der Waals surface area contributed by atoms with E-state index in [2.05, 4.69) is 44.3 Å². The maximum absolute atomic E-state index is 4.46. The maximum atomic E-state index is 4.46. The zero-order valence-corrected chi connectivity index (χ0v) is 14.6. The van der Waals surface area contributed by atoms with E-state index >= 15 is 0 Å². The lowest BCUT2D eigenvalue weighted by Crippen LogP contribution is -2.32. The van der Waals surface area contributed by atoms with Gasteiger partial charge in [-0.3, -0.25) is 4.68 Å². The molecule has 0 aliphatic rings. The molecule has 0 saturated heterocycles. The van der Waals surface area contributed by atoms with Gasteiger partial charge in [0.1, 0.15) is 0 Å². The molecule has 21 heavy (non-hydrogen) atoms. The van der Waals surface area contributed by atoms with Crippen molar-refractivity contribution in [1.82, 2.24) is 15.1 Å². The van der Waals surface area contributed by atoms with Crippen molar-refractivity contribution >= 4 is 0 Å². The molecule has 1 aromatic heterocycles. The summed E-state index contributed by atoms with van der Waals surface area (Å²) in [5.74, 6) is 0. The first-order chi connectivity index (χ1) is 10.2. The van der Waals surface area contributed by atoms with Gasteiger partial charge < -0.3 is 5.32 Å². The fraction of sp³-hybridized carbons (Fsp3) is 0.833. The number of nitrogens with one attached hydrogen (secondary N) is 1. The summed E-state index contributed by atoms with van der Waals surface area (Å²) < 4.78 is 2.04. The summed E-state index contributed by atoms with van der Waals surface area (Å²) in [4.78, 5) is 0. The van der Waals surface area contributed by atoms with Gasteiger partial charge >= 0.3 is 0 Å². The van der Waals surface area contributed by atoms with Crippen molar-refractivity contribution < 1.29 is 0 Å². The Morgan fingerprint density at radius 3 is 2.43 bits per heavy atom. The summed E-state index contributed by atoms with van der Waals surface area (Å²) >= 11 is 0. The predicted molar refractivity (Wildman–Crippen MR) is 91.7 cm³/mol. The molecule has 1 heterocycles. The number of nitrogens with zero attached hydrogens (tertiary/aromatic N) is 2. The Hall–Kier alpha value is -0.830. The molecule has 0 bridgehead atoms. The van der Waals surface area contributed by atoms with Crippen LogP contribution in [-0.4, -0.2) is 22.4 Å². The first-order valence-corrected chi connectivity index (χ1v) is 8.90. The number of aromatic nitrogens is 2. The Balaban J connectivity index is 2.35. The number of rotatable bonds is 12. The molecular weight excluding hydrogens is 258 g/mol. The molecule has 0 fully saturated rings. The Morgan fingerprint density at radius 1 is 1.10 bits per heavy atom. The van der Waals surface area contributed by atoms with E-state index in [9.17, 15) is 0 Å². The van der Waals surface area contributed by atoms with Crippen LogP contribution in [0.4, 0.5) is 0 Å². The minimum atomic E-state index is 0.603. The Kier molecular flexibility index (Phi) is 9.40. The summed E-state index contributed by atoms with van der Waals surface area (Å²) in [6, 6.07) is 2.83. The van der Waals surface area contributed by atoms with Crippen molar-refractivity contribution in [1.29, 1.82) is 0 Å². The summed E-state index contributed by atoms with van der Waals surface area (Å²) in [5, 5.41) is 8.18. The van der Waals surface area contributed by atoms with Gasteiger partial charge in [-0.05, 0) is 32.4 Å². The molecule has 0 aliphatic heterocycles. The van der Waals surface area contributed by atoms with Crippen LogP contribution in [0.3, 0.4) is 0 Å². The molecule has 3 nitrogen and oxygen atoms in total. The van der Waals surface area contributed by atoms with Crippen LogP contribution in [0.5, 0.6) is 0 Å². The average molecular weight is 293 g/mol. The Bertz CT molecular complexity index is 371. The fourth-order valence-electron chi connectivity index (χ4n) is 2.90. The lowest BCUT2D eigenvalue weighted by molar-refractivity contribution is 0.441. The van der Waals surface area contributed by atoms with Crippen LogP contribution < -0.4 is 5.32 Å². The van der Waals surface area contributed by atoms with Crippen LogP contribution in [0, 0.1) is 6.92 Å². The van der Waals surface area contributed by atoms with Gasteiger partial charge in [-0.15, -0.1) is 0 Å². The molecule has 0 amide bonds. The van der Waals surface area contributed by atoms with Gasteiger partial charge in [-0.1, -0.05) is 52.4 Å². The van der Waals surface area contributed by atoms with Gasteiger partial charge in [0.15, 0.2) is 0 Å². The molecule has 1 atom stereocenters. The molecule has 122 valence electrons. The fourth-order valence-corrected chi connectivity index (χ4v) is 2.90. The van der Waals surface area contributed by atoms with E-state index in [1.807, 2.05) is 4.68 Å². The van der Waals surface area contributed by atoms with Crippen LogP contribution in [0.15, 0.2) is 6.07 Å². The molecule has 0 saturated carbocycles. The van der Waals surface area contributed by atoms with Gasteiger partial charge in [0.25, 0.3) is 0 Å². The molecule has 1 aromatic rings. The van der Waals surface area contributed by atoms with E-state index in [4.69, 9.17) is 0 Å². The zero-order valence-electron chi connectivity index (χ0n) is 14.6. The van der Waals surface area contributed by atoms with E-state index in [1.165, 1.54) is 57.1 Å². The van der Waals surface area contributed by atoms with Crippen molar-refractivity contribution in [3.63, 3.8) is 0 Å². The minimum absolute atomic E-state index is 0.603. The zero-order chi connectivity index (χ0) is 15.5. The van der Waals surface area contributed by atoms with Gasteiger partial charge in [0.2, 0.25) is 0 Å². The van der Waals surface area contributed by atoms with Crippen LogP contribution in [0.25, 0.3) is 0 Å². The first-order valence-electron chi connectivity index (χ1n) is 8.90. The van der Waals surface area contributed by atoms with Gasteiger partial charge in [-0.2, -0.15) is 5.10 Å². The van der Waals surface area contributed by atoms with E-state index in [1.54, 1.807) is 0 Å². The molecule has 0 aliphatic carbocycles. The molecule has 0 aromatic carbocycles. The number of unbranched alkanes of at least 4 members (excludes halogenated alkanes) is 5. The standard InChI is InChI=1S/C18H35N3/c1-5-7-8-9-10-11-12-17(19-13-6-2)15-18-14-16(3)20-21(18)4/h14,17,19H,5-13,15H2,1-4H3. The summed E-state index contributed by atoms with van der Waals surface area (Å²) in [7, 11) is 2.06. The Morgan fingerprint density at radius 2 is 1.81 bits per heavy atom. The SMILES string of the molecule is CCCCCCCCC(Cc1cc(C)nn1C)NCCC. The third-order valence-corrected chi connectivity index (χ3v) is 4.14. The molecule has 0 radical (unpaired) electrons. The number of hydrogen-bond donors (Lipinski definition) is 1. The van der Waals surface area contributed by atoms with Gasteiger partial charge in [-0.25, -0.2) is 0 Å². The normalized spacial score (nSPS) is 12.8. The predicted octanol–water partition coefficient (Wildman–Crippen LogP) is 4.39. The highest BCUT2D eigenvalue weighted by molar-refractivity contribution is 5.10. The van der Waals surface area contributed by atoms with Crippen molar-refractivity contribution in [3.8, 4) is 0 Å². The second-order valence-electron chi connectivity index (χ2n) is 6.31. The Labute approximate surface area is 131 Å². The third-order valence-electron chi connectivity index (χ3n) is 4.14. The van der Waals surface area contributed by atoms with Crippen LogP contribution in [0.1, 0.15) is 76.6 Å². The number of aryl methyl sites for hydroxylation is 2. The lowest BCUT2D eigenvalue weighted by Gasteiger charge is -2.18. The van der Waals surface area contributed by atoms with Crippen LogP contribution in [-0.2, 0) is 13.5 Å². The van der Waals surface area contributed by atoms with Crippen molar-refractivity contribution in [2.75, 3.05) is 6.54 Å². The smallest absolute Gasteiger partial charge is 0.0596 e. The maximum Gasteiger partial charge on any atom is 0.0596 e. The van der Waals surface area contributed by atoms with Crippen LogP contribution >= 0.6 is 0 Å². The largest absolute Gasteiger partial charge is 0.314 e. The molecule has 0 spiro atoms. The number of hydrogen-bond acceptors (Lipinski definition) is 2. The highest BCUT2D eigenvalue weighted by Crippen LogP contribution is 2.13. The van der Waals surface area contributed by atoms with Crippen molar-refractivity contribution in [2.24, 2.45) is 7.05 Å². The molecule has 1 N–H and O–H groups in total. The summed E-state index contributed by atoms with van der Waals surface area (Å²) in [6.45, 7) is 7.71. The highest BCUT2D eigenvalue weighted by Gasteiger charge is 2.11. The molecule has 1 rings (SSSR count). The lowest BCUT2D eigenvalue weighted by atomic mass is 10.0. The monoisotopic (exact) mass is 293 g/mol. The summed E-state index contributed by atoms with van der Waals surface area (Å²) in [5.41, 5.74) is 2.48. The van der Waals surface area contributed by atoms with E-state index in [-0.39, 0.29) is 0 Å². The topological polar surface area (TPSA) is 29.9 Å². The minimum Gasteiger partial charge on any atom is -0.314 e. The van der Waals surface area contributed by atoms with Gasteiger partial charge in [0.05, 0.1) is 5.69 Å². The summed E-state index contributed by atoms with van der Waals surface area (Å²) in [6.07, 6.45) is 11.9. The van der Waals surface area contributed by atoms with E-state index < -0.39 is 0 Å². The molecule has 1 unspecified atom stereocenters. The quantitative estimate of drug-likeness (QED) is 0.579.